The third-order valence-corrected chi connectivity index (χ3v) is 2.24. The van der Waals surface area contributed by atoms with Crippen LogP contribution >= 0.6 is 15.9 Å². The minimum absolute atomic E-state index is 0.0758. The first-order chi connectivity index (χ1) is 7.13. The standard InChI is InChI=1S/C10H12BrFN2O/c1-2-13-10(15)6-14-9-4-3-7(11)5-8(9)12/h3-5,14H,2,6H2,1H3,(H,13,15). The minimum Gasteiger partial charge on any atom is -0.374 e. The van der Waals surface area contributed by atoms with Gasteiger partial charge < -0.3 is 10.6 Å². The molecular formula is C10H12BrFN2O. The summed E-state index contributed by atoms with van der Waals surface area (Å²) in [5.74, 6) is -0.534. The number of amides is 1. The van der Waals surface area contributed by atoms with Crippen LogP contribution in [0.15, 0.2) is 22.7 Å². The predicted molar refractivity (Wildman–Crippen MR) is 61.3 cm³/mol. The fraction of sp³-hybridized carbons (Fsp3) is 0.300. The van der Waals surface area contributed by atoms with Crippen molar-refractivity contribution in [3.05, 3.63) is 28.5 Å². The monoisotopic (exact) mass is 274 g/mol. The first-order valence-electron chi connectivity index (χ1n) is 4.59. The molecule has 0 atom stereocenters. The molecule has 0 aliphatic carbocycles. The smallest absolute Gasteiger partial charge is 0.239 e. The molecule has 0 bridgehead atoms. The molecule has 0 aliphatic rings. The molecule has 0 aromatic heterocycles. The SMILES string of the molecule is CCNC(=O)CNc1ccc(Br)cc1F. The van der Waals surface area contributed by atoms with Gasteiger partial charge in [-0.1, -0.05) is 15.9 Å². The van der Waals surface area contributed by atoms with Crippen molar-refractivity contribution in [3.8, 4) is 0 Å². The summed E-state index contributed by atoms with van der Waals surface area (Å²) in [7, 11) is 0. The quantitative estimate of drug-likeness (QED) is 0.883. The average Bonchev–Trinajstić information content (AvgIpc) is 2.17. The van der Waals surface area contributed by atoms with E-state index in [2.05, 4.69) is 26.6 Å². The van der Waals surface area contributed by atoms with Gasteiger partial charge in [-0.2, -0.15) is 0 Å². The van der Waals surface area contributed by atoms with Crippen molar-refractivity contribution in [3.63, 3.8) is 0 Å². The Balaban J connectivity index is 2.54. The maximum atomic E-state index is 13.3. The van der Waals surface area contributed by atoms with Crippen molar-refractivity contribution in [2.45, 2.75) is 6.92 Å². The Labute approximate surface area is 96.2 Å². The van der Waals surface area contributed by atoms with E-state index in [0.717, 1.165) is 0 Å². The molecule has 1 amide bonds. The highest BCUT2D eigenvalue weighted by Gasteiger charge is 2.04. The normalized spacial score (nSPS) is 9.80. The molecule has 0 saturated carbocycles. The molecule has 0 radical (unpaired) electrons. The lowest BCUT2D eigenvalue weighted by atomic mass is 10.3. The van der Waals surface area contributed by atoms with Crippen LogP contribution in [0.25, 0.3) is 0 Å². The van der Waals surface area contributed by atoms with Crippen LogP contribution in [0.2, 0.25) is 0 Å². The predicted octanol–water partition coefficient (Wildman–Crippen LogP) is 2.14. The van der Waals surface area contributed by atoms with Crippen LogP contribution in [0.4, 0.5) is 10.1 Å². The number of benzene rings is 1. The lowest BCUT2D eigenvalue weighted by Crippen LogP contribution is -2.29. The number of hydrogen-bond acceptors (Lipinski definition) is 2. The largest absolute Gasteiger partial charge is 0.374 e. The van der Waals surface area contributed by atoms with Gasteiger partial charge in [0.2, 0.25) is 5.91 Å². The van der Waals surface area contributed by atoms with Crippen LogP contribution in [0.1, 0.15) is 6.92 Å². The molecular weight excluding hydrogens is 263 g/mol. The third-order valence-electron chi connectivity index (χ3n) is 1.74. The number of halogens is 2. The van der Waals surface area contributed by atoms with Crippen molar-refractivity contribution in [1.82, 2.24) is 5.32 Å². The van der Waals surface area contributed by atoms with E-state index in [-0.39, 0.29) is 18.3 Å². The molecule has 1 aromatic carbocycles. The van der Waals surface area contributed by atoms with E-state index in [0.29, 0.717) is 16.7 Å². The third kappa shape index (κ3) is 3.87. The molecule has 3 nitrogen and oxygen atoms in total. The van der Waals surface area contributed by atoms with Crippen LogP contribution in [0.3, 0.4) is 0 Å². The topological polar surface area (TPSA) is 41.1 Å². The van der Waals surface area contributed by atoms with Crippen molar-refractivity contribution in [2.75, 3.05) is 18.4 Å². The molecule has 0 unspecified atom stereocenters. The van der Waals surface area contributed by atoms with Gasteiger partial charge in [0.1, 0.15) is 5.82 Å². The Morgan fingerprint density at radius 2 is 2.27 bits per heavy atom. The van der Waals surface area contributed by atoms with Crippen molar-refractivity contribution in [1.29, 1.82) is 0 Å². The van der Waals surface area contributed by atoms with E-state index < -0.39 is 0 Å². The number of anilines is 1. The van der Waals surface area contributed by atoms with E-state index in [1.807, 2.05) is 6.92 Å². The molecule has 0 saturated heterocycles. The molecule has 0 fully saturated rings. The Hall–Kier alpha value is -1.10. The number of nitrogens with one attached hydrogen (secondary N) is 2. The van der Waals surface area contributed by atoms with Crippen molar-refractivity contribution < 1.29 is 9.18 Å². The summed E-state index contributed by atoms with van der Waals surface area (Å²) < 4.78 is 13.9. The second-order valence-corrected chi connectivity index (χ2v) is 3.85. The number of likely N-dealkylation sites (N-methyl/N-ethyl adjacent to an activating group) is 1. The molecule has 2 N–H and O–H groups in total. The number of hydrogen-bond donors (Lipinski definition) is 2. The van der Waals surface area contributed by atoms with Gasteiger partial charge in [-0.25, -0.2) is 4.39 Å². The molecule has 0 aliphatic heterocycles. The summed E-state index contributed by atoms with van der Waals surface area (Å²) >= 11 is 3.15. The Bertz CT molecular complexity index is 357. The van der Waals surface area contributed by atoms with Gasteiger partial charge in [0.15, 0.2) is 0 Å². The number of carbonyl (C=O) groups is 1. The van der Waals surface area contributed by atoms with Crippen LogP contribution in [-0.4, -0.2) is 19.0 Å². The Morgan fingerprint density at radius 1 is 1.53 bits per heavy atom. The van der Waals surface area contributed by atoms with E-state index in [4.69, 9.17) is 0 Å². The zero-order valence-electron chi connectivity index (χ0n) is 8.31. The van der Waals surface area contributed by atoms with Gasteiger partial charge in [0.05, 0.1) is 12.2 Å². The first-order valence-corrected chi connectivity index (χ1v) is 5.38. The molecule has 15 heavy (non-hydrogen) atoms. The van der Waals surface area contributed by atoms with Gasteiger partial charge in [-0.15, -0.1) is 0 Å². The van der Waals surface area contributed by atoms with Crippen molar-refractivity contribution in [2.24, 2.45) is 0 Å². The Kier molecular flexibility index (Phi) is 4.55. The van der Waals surface area contributed by atoms with Crippen molar-refractivity contribution >= 4 is 27.5 Å². The molecule has 1 rings (SSSR count). The van der Waals surface area contributed by atoms with E-state index in [1.54, 1.807) is 12.1 Å². The van der Waals surface area contributed by atoms with Gasteiger partial charge in [0.25, 0.3) is 0 Å². The second kappa shape index (κ2) is 5.70. The summed E-state index contributed by atoms with van der Waals surface area (Å²) in [6, 6.07) is 4.64. The van der Waals surface area contributed by atoms with Gasteiger partial charge in [-0.05, 0) is 25.1 Å². The van der Waals surface area contributed by atoms with E-state index >= 15 is 0 Å². The van der Waals surface area contributed by atoms with Gasteiger partial charge >= 0.3 is 0 Å². The fourth-order valence-corrected chi connectivity index (χ4v) is 1.40. The summed E-state index contributed by atoms with van der Waals surface area (Å²) in [5.41, 5.74) is 0.324. The lowest BCUT2D eigenvalue weighted by molar-refractivity contribution is -0.119. The highest BCUT2D eigenvalue weighted by molar-refractivity contribution is 9.10. The molecule has 5 heteroatoms. The molecule has 1 aromatic rings. The zero-order valence-corrected chi connectivity index (χ0v) is 9.90. The van der Waals surface area contributed by atoms with Crippen LogP contribution in [0, 0.1) is 5.82 Å². The minimum atomic E-state index is -0.381. The van der Waals surface area contributed by atoms with Gasteiger partial charge in [-0.3, -0.25) is 4.79 Å². The van der Waals surface area contributed by atoms with Gasteiger partial charge in [0, 0.05) is 11.0 Å². The van der Waals surface area contributed by atoms with Crippen LogP contribution in [0.5, 0.6) is 0 Å². The second-order valence-electron chi connectivity index (χ2n) is 2.93. The van der Waals surface area contributed by atoms with Crippen LogP contribution < -0.4 is 10.6 Å². The molecule has 0 spiro atoms. The highest BCUT2D eigenvalue weighted by atomic mass is 79.9. The summed E-state index contributed by atoms with van der Waals surface area (Å²) in [6.45, 7) is 2.48. The summed E-state index contributed by atoms with van der Waals surface area (Å²) in [4.78, 5) is 11.1. The molecule has 0 heterocycles. The lowest BCUT2D eigenvalue weighted by Gasteiger charge is -2.07. The summed E-state index contributed by atoms with van der Waals surface area (Å²) in [6.07, 6.45) is 0. The number of rotatable bonds is 4. The van der Waals surface area contributed by atoms with E-state index in [1.165, 1.54) is 6.07 Å². The maximum absolute atomic E-state index is 13.3. The zero-order chi connectivity index (χ0) is 11.3. The Morgan fingerprint density at radius 3 is 2.87 bits per heavy atom. The first kappa shape index (κ1) is 12.0. The molecule has 82 valence electrons. The maximum Gasteiger partial charge on any atom is 0.239 e. The van der Waals surface area contributed by atoms with E-state index in [9.17, 15) is 9.18 Å². The number of carbonyl (C=O) groups excluding carboxylic acids is 1. The average molecular weight is 275 g/mol. The fourth-order valence-electron chi connectivity index (χ4n) is 1.07. The van der Waals surface area contributed by atoms with Crippen LogP contribution in [-0.2, 0) is 4.79 Å². The summed E-state index contributed by atoms with van der Waals surface area (Å²) in [5, 5.41) is 5.33. The highest BCUT2D eigenvalue weighted by Crippen LogP contribution is 2.18.